The molecule has 2 atom stereocenters. The molecule has 0 bridgehead atoms. The lowest BCUT2D eigenvalue weighted by molar-refractivity contribution is 0.319. The van der Waals surface area contributed by atoms with Crippen molar-refractivity contribution >= 4 is 22.1 Å². The normalized spacial score (nSPS) is 17.5. The molecule has 0 aromatic carbocycles. The number of rotatable bonds is 5. The Morgan fingerprint density at radius 3 is 2.62 bits per heavy atom. The highest BCUT2D eigenvalue weighted by molar-refractivity contribution is 9.12. The molecule has 5 heteroatoms. The zero-order valence-corrected chi connectivity index (χ0v) is 9.60. The number of aliphatic imine (C=N–C) groups is 1. The van der Waals surface area contributed by atoms with E-state index in [0.717, 1.165) is 4.48 Å². The summed E-state index contributed by atoms with van der Waals surface area (Å²) in [7, 11) is 1.75. The van der Waals surface area contributed by atoms with Gasteiger partial charge in [-0.25, -0.2) is 9.82 Å². The predicted octanol–water partition coefficient (Wildman–Crippen LogP) is 1.76. The minimum atomic E-state index is -0.922. The SMILES string of the molecule is CNN/C=C(/Br)C=N[C@@H](C)C(C)F. The number of hydrazine groups is 1. The Morgan fingerprint density at radius 1 is 1.54 bits per heavy atom. The van der Waals surface area contributed by atoms with Crippen molar-refractivity contribution < 1.29 is 4.39 Å². The zero-order chi connectivity index (χ0) is 10.3. The van der Waals surface area contributed by atoms with Crippen LogP contribution in [0.2, 0.25) is 0 Å². The maximum atomic E-state index is 12.6. The van der Waals surface area contributed by atoms with Gasteiger partial charge in [0.1, 0.15) is 6.17 Å². The molecule has 0 aromatic heterocycles. The van der Waals surface area contributed by atoms with Gasteiger partial charge in [0.2, 0.25) is 0 Å². The van der Waals surface area contributed by atoms with E-state index >= 15 is 0 Å². The van der Waals surface area contributed by atoms with Gasteiger partial charge in [0.15, 0.2) is 0 Å². The van der Waals surface area contributed by atoms with Crippen LogP contribution in [0.25, 0.3) is 0 Å². The van der Waals surface area contributed by atoms with E-state index in [9.17, 15) is 4.39 Å². The summed E-state index contributed by atoms with van der Waals surface area (Å²) in [5.74, 6) is 0. The van der Waals surface area contributed by atoms with E-state index < -0.39 is 6.17 Å². The van der Waals surface area contributed by atoms with Crippen molar-refractivity contribution in [3.8, 4) is 0 Å². The lowest BCUT2D eigenvalue weighted by atomic mass is 10.2. The molecule has 0 aliphatic rings. The van der Waals surface area contributed by atoms with Crippen LogP contribution in [0.3, 0.4) is 0 Å². The summed E-state index contributed by atoms with van der Waals surface area (Å²) in [5.41, 5.74) is 5.47. The third kappa shape index (κ3) is 6.72. The van der Waals surface area contributed by atoms with Crippen LogP contribution in [-0.2, 0) is 0 Å². The van der Waals surface area contributed by atoms with E-state index in [1.54, 1.807) is 26.4 Å². The standard InChI is InChI=1S/C8H15BrFN3/c1-6(10)7(2)12-4-8(9)5-13-11-3/h4-7,11,13H,1-3H3/b8-5+,12-4?/t6?,7-/m0/s1. The number of nitrogens with zero attached hydrogens (tertiary/aromatic N) is 1. The van der Waals surface area contributed by atoms with E-state index in [2.05, 4.69) is 31.8 Å². The first-order valence-corrected chi connectivity index (χ1v) is 4.82. The summed E-state index contributed by atoms with van der Waals surface area (Å²) in [4.78, 5) is 3.99. The molecular formula is C8H15BrFN3. The quantitative estimate of drug-likeness (QED) is 0.577. The van der Waals surface area contributed by atoms with Crippen LogP contribution >= 0.6 is 15.9 Å². The molecule has 0 spiro atoms. The average molecular weight is 252 g/mol. The van der Waals surface area contributed by atoms with Crippen molar-refractivity contribution in [2.45, 2.75) is 26.1 Å². The van der Waals surface area contributed by atoms with Gasteiger partial charge in [-0.2, -0.15) is 0 Å². The largest absolute Gasteiger partial charge is 0.328 e. The smallest absolute Gasteiger partial charge is 0.119 e. The van der Waals surface area contributed by atoms with E-state index in [-0.39, 0.29) is 6.04 Å². The van der Waals surface area contributed by atoms with Crippen molar-refractivity contribution in [2.24, 2.45) is 4.99 Å². The highest BCUT2D eigenvalue weighted by Gasteiger charge is 2.06. The van der Waals surface area contributed by atoms with Crippen molar-refractivity contribution in [2.75, 3.05) is 7.05 Å². The molecule has 0 fully saturated rings. The predicted molar refractivity (Wildman–Crippen MR) is 57.7 cm³/mol. The Hall–Kier alpha value is -0.420. The van der Waals surface area contributed by atoms with Gasteiger partial charge in [0, 0.05) is 19.5 Å². The molecule has 0 aliphatic heterocycles. The number of alkyl halides is 1. The van der Waals surface area contributed by atoms with Gasteiger partial charge in [-0.3, -0.25) is 4.99 Å². The summed E-state index contributed by atoms with van der Waals surface area (Å²) < 4.78 is 13.4. The van der Waals surface area contributed by atoms with Crippen LogP contribution in [0.1, 0.15) is 13.8 Å². The summed E-state index contributed by atoms with van der Waals surface area (Å²) >= 11 is 3.24. The van der Waals surface area contributed by atoms with Gasteiger partial charge in [0.25, 0.3) is 0 Å². The molecule has 0 radical (unpaired) electrons. The fourth-order valence-electron chi connectivity index (χ4n) is 0.486. The first-order valence-electron chi connectivity index (χ1n) is 4.03. The van der Waals surface area contributed by atoms with E-state index in [1.807, 2.05) is 0 Å². The minimum Gasteiger partial charge on any atom is -0.328 e. The Bertz CT molecular complexity index is 192. The Balaban J connectivity index is 3.96. The lowest BCUT2D eigenvalue weighted by Gasteiger charge is -2.05. The van der Waals surface area contributed by atoms with Gasteiger partial charge in [-0.15, -0.1) is 0 Å². The summed E-state index contributed by atoms with van der Waals surface area (Å²) in [5, 5.41) is 0. The Morgan fingerprint density at radius 2 is 2.15 bits per heavy atom. The van der Waals surface area contributed by atoms with Gasteiger partial charge in [-0.05, 0) is 29.8 Å². The van der Waals surface area contributed by atoms with E-state index in [1.165, 1.54) is 6.92 Å². The number of halogens is 2. The number of hydrogen-bond donors (Lipinski definition) is 2. The molecule has 0 saturated carbocycles. The van der Waals surface area contributed by atoms with E-state index in [0.29, 0.717) is 0 Å². The van der Waals surface area contributed by atoms with Crippen LogP contribution in [0.15, 0.2) is 15.7 Å². The van der Waals surface area contributed by atoms with Crippen molar-refractivity contribution in [1.29, 1.82) is 0 Å². The number of nitrogens with one attached hydrogen (secondary N) is 2. The van der Waals surface area contributed by atoms with Crippen molar-refractivity contribution in [1.82, 2.24) is 10.9 Å². The third-order valence-electron chi connectivity index (χ3n) is 1.45. The molecule has 76 valence electrons. The Labute approximate surface area is 86.6 Å². The molecule has 0 amide bonds. The van der Waals surface area contributed by atoms with Gasteiger partial charge in [0.05, 0.1) is 10.5 Å². The second-order valence-electron chi connectivity index (χ2n) is 2.62. The fraction of sp³-hybridized carbons (Fsp3) is 0.625. The summed E-state index contributed by atoms with van der Waals surface area (Å²) in [6, 6.07) is -0.310. The van der Waals surface area contributed by atoms with Crippen LogP contribution in [-0.4, -0.2) is 25.5 Å². The van der Waals surface area contributed by atoms with Crippen LogP contribution < -0.4 is 10.9 Å². The monoisotopic (exact) mass is 251 g/mol. The zero-order valence-electron chi connectivity index (χ0n) is 8.01. The second-order valence-corrected chi connectivity index (χ2v) is 3.54. The fourth-order valence-corrected chi connectivity index (χ4v) is 0.718. The third-order valence-corrected chi connectivity index (χ3v) is 1.89. The summed E-state index contributed by atoms with van der Waals surface area (Å²) in [6.07, 6.45) is 2.33. The second kappa shape index (κ2) is 7.03. The maximum Gasteiger partial charge on any atom is 0.119 e. The molecule has 0 aliphatic carbocycles. The molecule has 0 saturated heterocycles. The summed E-state index contributed by atoms with van der Waals surface area (Å²) in [6.45, 7) is 3.22. The van der Waals surface area contributed by atoms with Gasteiger partial charge >= 0.3 is 0 Å². The first kappa shape index (κ1) is 12.6. The van der Waals surface area contributed by atoms with Crippen molar-refractivity contribution in [3.63, 3.8) is 0 Å². The molecule has 13 heavy (non-hydrogen) atoms. The molecule has 2 N–H and O–H groups in total. The van der Waals surface area contributed by atoms with Crippen LogP contribution in [0.5, 0.6) is 0 Å². The molecule has 3 nitrogen and oxygen atoms in total. The van der Waals surface area contributed by atoms with Gasteiger partial charge < -0.3 is 5.43 Å². The first-order chi connectivity index (χ1) is 6.07. The highest BCUT2D eigenvalue weighted by Crippen LogP contribution is 2.04. The molecular weight excluding hydrogens is 237 g/mol. The van der Waals surface area contributed by atoms with E-state index in [4.69, 9.17) is 0 Å². The van der Waals surface area contributed by atoms with Gasteiger partial charge in [-0.1, -0.05) is 0 Å². The topological polar surface area (TPSA) is 36.4 Å². The molecule has 1 unspecified atom stereocenters. The lowest BCUT2D eigenvalue weighted by Crippen LogP contribution is -2.21. The van der Waals surface area contributed by atoms with Crippen LogP contribution in [0, 0.1) is 0 Å². The highest BCUT2D eigenvalue weighted by atomic mass is 79.9. The number of hydrogen-bond acceptors (Lipinski definition) is 3. The number of allylic oxidation sites excluding steroid dienone is 1. The maximum absolute atomic E-state index is 12.6. The Kier molecular flexibility index (Phi) is 6.80. The molecule has 0 heterocycles. The van der Waals surface area contributed by atoms with Crippen molar-refractivity contribution in [3.05, 3.63) is 10.7 Å². The molecule has 0 rings (SSSR count). The van der Waals surface area contributed by atoms with Crippen LogP contribution in [0.4, 0.5) is 4.39 Å². The minimum absolute atomic E-state index is 0.310. The molecule has 0 aromatic rings. The average Bonchev–Trinajstić information content (AvgIpc) is 2.10.